The van der Waals surface area contributed by atoms with Crippen molar-refractivity contribution in [2.45, 2.75) is 19.2 Å². The predicted octanol–water partition coefficient (Wildman–Crippen LogP) is 3.38. The first kappa shape index (κ1) is 20.7. The van der Waals surface area contributed by atoms with Crippen molar-refractivity contribution in [2.24, 2.45) is 5.73 Å². The second-order valence-electron chi connectivity index (χ2n) is 5.68. The van der Waals surface area contributed by atoms with Crippen molar-refractivity contribution in [3.8, 4) is 0 Å². The van der Waals surface area contributed by atoms with E-state index in [1.165, 1.54) is 31.2 Å². The third-order valence-electron chi connectivity index (χ3n) is 3.50. The Balaban J connectivity index is 1.98. The summed E-state index contributed by atoms with van der Waals surface area (Å²) in [6.45, 7) is 1.31. The van der Waals surface area contributed by atoms with Crippen LogP contribution in [0.15, 0.2) is 48.5 Å². The summed E-state index contributed by atoms with van der Waals surface area (Å²) in [6, 6.07) is 8.73. The van der Waals surface area contributed by atoms with Crippen LogP contribution < -0.4 is 16.4 Å². The molecule has 0 saturated heterocycles. The minimum absolute atomic E-state index is 0.0698. The second-order valence-corrected chi connectivity index (χ2v) is 5.68. The lowest BCUT2D eigenvalue weighted by molar-refractivity contribution is -0.137. The van der Waals surface area contributed by atoms with Gasteiger partial charge in [-0.1, -0.05) is 6.07 Å². The number of primary amides is 1. The molecule has 0 aliphatic rings. The van der Waals surface area contributed by atoms with Gasteiger partial charge < -0.3 is 21.1 Å². The summed E-state index contributed by atoms with van der Waals surface area (Å²) in [7, 11) is 0. The molecule has 148 valence electrons. The minimum Gasteiger partial charge on any atom is -0.449 e. The Kier molecular flexibility index (Phi) is 6.24. The molecular weight excluding hydrogens is 379 g/mol. The number of rotatable bonds is 5. The molecule has 28 heavy (non-hydrogen) atoms. The summed E-state index contributed by atoms with van der Waals surface area (Å²) in [5.74, 6) is -1.55. The fraction of sp³-hybridized carbons (Fsp3) is 0.167. The fourth-order valence-electron chi connectivity index (χ4n) is 2.13. The van der Waals surface area contributed by atoms with Gasteiger partial charge in [-0.05, 0) is 49.4 Å². The van der Waals surface area contributed by atoms with E-state index in [0.717, 1.165) is 24.3 Å². The molecule has 2 aromatic carbocycles. The van der Waals surface area contributed by atoms with Crippen molar-refractivity contribution in [2.75, 3.05) is 10.6 Å². The lowest BCUT2D eigenvalue weighted by Gasteiger charge is -2.14. The highest BCUT2D eigenvalue weighted by molar-refractivity contribution is 5.98. The standard InChI is InChI=1S/C18H16F3N3O4/c1-10(15(25)23-13-7-5-12(6-8-13)18(19,20)21)28-16(26)11-3-2-4-14(9-11)24-17(22)27/h2-10H,1H3,(H,23,25)(H3,22,24,27)/t10-/m1/s1. The molecule has 0 aliphatic carbocycles. The van der Waals surface area contributed by atoms with E-state index in [-0.39, 0.29) is 16.9 Å². The number of ether oxygens (including phenoxy) is 1. The summed E-state index contributed by atoms with van der Waals surface area (Å²) in [5, 5.41) is 4.65. The average molecular weight is 395 g/mol. The highest BCUT2D eigenvalue weighted by atomic mass is 19.4. The van der Waals surface area contributed by atoms with E-state index in [0.29, 0.717) is 0 Å². The van der Waals surface area contributed by atoms with Gasteiger partial charge >= 0.3 is 18.2 Å². The number of carbonyl (C=O) groups is 3. The molecular formula is C18H16F3N3O4. The first-order valence-corrected chi connectivity index (χ1v) is 7.92. The maximum absolute atomic E-state index is 12.5. The maximum atomic E-state index is 12.5. The Bertz CT molecular complexity index is 882. The molecule has 0 fully saturated rings. The predicted molar refractivity (Wildman–Crippen MR) is 94.6 cm³/mol. The smallest absolute Gasteiger partial charge is 0.416 e. The molecule has 0 bridgehead atoms. The van der Waals surface area contributed by atoms with Gasteiger partial charge in [-0.15, -0.1) is 0 Å². The van der Waals surface area contributed by atoms with Gasteiger partial charge in [0.2, 0.25) is 0 Å². The summed E-state index contributed by atoms with van der Waals surface area (Å²) >= 11 is 0. The van der Waals surface area contributed by atoms with Crippen molar-refractivity contribution >= 4 is 29.3 Å². The van der Waals surface area contributed by atoms with Crippen LogP contribution in [-0.4, -0.2) is 24.0 Å². The number of amides is 3. The van der Waals surface area contributed by atoms with E-state index in [1.54, 1.807) is 0 Å². The number of anilines is 2. The van der Waals surface area contributed by atoms with Crippen LogP contribution in [0.5, 0.6) is 0 Å². The third kappa shape index (κ3) is 5.73. The van der Waals surface area contributed by atoms with Gasteiger partial charge in [-0.25, -0.2) is 9.59 Å². The van der Waals surface area contributed by atoms with Crippen LogP contribution in [0.25, 0.3) is 0 Å². The lowest BCUT2D eigenvalue weighted by atomic mass is 10.2. The molecule has 2 rings (SSSR count). The van der Waals surface area contributed by atoms with E-state index in [1.807, 2.05) is 0 Å². The quantitative estimate of drug-likeness (QED) is 0.674. The summed E-state index contributed by atoms with van der Waals surface area (Å²) in [6.07, 6.45) is -5.70. The van der Waals surface area contributed by atoms with Gasteiger partial charge in [0.25, 0.3) is 5.91 Å². The largest absolute Gasteiger partial charge is 0.449 e. The number of nitrogens with one attached hydrogen (secondary N) is 2. The maximum Gasteiger partial charge on any atom is 0.416 e. The van der Waals surface area contributed by atoms with E-state index in [4.69, 9.17) is 10.5 Å². The number of alkyl halides is 3. The number of hydrogen-bond acceptors (Lipinski definition) is 4. The Labute approximate surface area is 157 Å². The van der Waals surface area contributed by atoms with Crippen molar-refractivity contribution < 1.29 is 32.3 Å². The van der Waals surface area contributed by atoms with Crippen LogP contribution in [0.2, 0.25) is 0 Å². The van der Waals surface area contributed by atoms with Gasteiger partial charge in [-0.2, -0.15) is 13.2 Å². The second kappa shape index (κ2) is 8.42. The van der Waals surface area contributed by atoms with Gasteiger partial charge in [0.15, 0.2) is 6.10 Å². The van der Waals surface area contributed by atoms with Crippen LogP contribution in [-0.2, 0) is 15.7 Å². The third-order valence-corrected chi connectivity index (χ3v) is 3.50. The fourth-order valence-corrected chi connectivity index (χ4v) is 2.13. The minimum atomic E-state index is -4.48. The Morgan fingerprint density at radius 3 is 2.21 bits per heavy atom. The zero-order chi connectivity index (χ0) is 20.9. The highest BCUT2D eigenvalue weighted by Crippen LogP contribution is 2.29. The van der Waals surface area contributed by atoms with Crippen molar-refractivity contribution in [1.29, 1.82) is 0 Å². The molecule has 0 aliphatic heterocycles. The van der Waals surface area contributed by atoms with Crippen LogP contribution in [0, 0.1) is 0 Å². The molecule has 0 aromatic heterocycles. The van der Waals surface area contributed by atoms with Crippen LogP contribution in [0.1, 0.15) is 22.8 Å². The average Bonchev–Trinajstić information content (AvgIpc) is 2.61. The monoisotopic (exact) mass is 395 g/mol. The van der Waals surface area contributed by atoms with Crippen LogP contribution in [0.4, 0.5) is 29.3 Å². The number of nitrogens with two attached hydrogens (primary N) is 1. The molecule has 0 unspecified atom stereocenters. The van der Waals surface area contributed by atoms with Crippen molar-refractivity contribution in [3.63, 3.8) is 0 Å². The van der Waals surface area contributed by atoms with E-state index < -0.39 is 35.8 Å². The summed E-state index contributed by atoms with van der Waals surface area (Å²) in [4.78, 5) is 35.1. The lowest BCUT2D eigenvalue weighted by Crippen LogP contribution is -2.30. The van der Waals surface area contributed by atoms with Crippen LogP contribution >= 0.6 is 0 Å². The molecule has 7 nitrogen and oxygen atoms in total. The zero-order valence-electron chi connectivity index (χ0n) is 14.5. The SMILES string of the molecule is C[C@@H](OC(=O)c1cccc(NC(N)=O)c1)C(=O)Nc1ccc(C(F)(F)F)cc1. The number of carbonyl (C=O) groups excluding carboxylic acids is 3. The van der Waals surface area contributed by atoms with Gasteiger partial charge in [-0.3, -0.25) is 4.79 Å². The number of benzene rings is 2. The molecule has 2 aromatic rings. The van der Waals surface area contributed by atoms with Crippen molar-refractivity contribution in [1.82, 2.24) is 0 Å². The van der Waals surface area contributed by atoms with Crippen molar-refractivity contribution in [3.05, 3.63) is 59.7 Å². The number of urea groups is 1. The first-order chi connectivity index (χ1) is 13.1. The first-order valence-electron chi connectivity index (χ1n) is 7.92. The molecule has 0 saturated carbocycles. The van der Waals surface area contributed by atoms with Gasteiger partial charge in [0.1, 0.15) is 0 Å². The zero-order valence-corrected chi connectivity index (χ0v) is 14.5. The Hall–Kier alpha value is -3.56. The van der Waals surface area contributed by atoms with E-state index in [9.17, 15) is 27.6 Å². The molecule has 0 spiro atoms. The molecule has 0 radical (unpaired) electrons. The molecule has 4 N–H and O–H groups in total. The molecule has 1 atom stereocenters. The van der Waals surface area contributed by atoms with Gasteiger partial charge in [0, 0.05) is 11.4 Å². The summed E-state index contributed by atoms with van der Waals surface area (Å²) < 4.78 is 42.6. The molecule has 3 amide bonds. The number of esters is 1. The Morgan fingerprint density at radius 1 is 1.00 bits per heavy atom. The van der Waals surface area contributed by atoms with E-state index >= 15 is 0 Å². The Morgan fingerprint density at radius 2 is 1.64 bits per heavy atom. The van der Waals surface area contributed by atoms with Gasteiger partial charge in [0.05, 0.1) is 11.1 Å². The van der Waals surface area contributed by atoms with Crippen LogP contribution in [0.3, 0.4) is 0 Å². The highest BCUT2D eigenvalue weighted by Gasteiger charge is 2.30. The number of hydrogen-bond donors (Lipinski definition) is 3. The molecule has 10 heteroatoms. The molecule has 0 heterocycles. The number of halogens is 3. The topological polar surface area (TPSA) is 111 Å². The normalized spacial score (nSPS) is 12.0. The van der Waals surface area contributed by atoms with E-state index in [2.05, 4.69) is 10.6 Å². The summed E-state index contributed by atoms with van der Waals surface area (Å²) in [5.41, 5.74) is 4.60.